The zero-order valence-corrected chi connectivity index (χ0v) is 11.5. The number of aryl methyl sites for hydroxylation is 1. The van der Waals surface area contributed by atoms with Gasteiger partial charge in [-0.3, -0.25) is 0 Å². The van der Waals surface area contributed by atoms with Crippen LogP contribution in [0, 0.1) is 6.92 Å². The highest BCUT2D eigenvalue weighted by atomic mass is 14.9. The van der Waals surface area contributed by atoms with Gasteiger partial charge in [0.2, 0.25) is 0 Å². The largest absolute Gasteiger partial charge is 0.338 e. The van der Waals surface area contributed by atoms with Crippen LogP contribution in [0.3, 0.4) is 0 Å². The lowest BCUT2D eigenvalue weighted by atomic mass is 10.1. The lowest BCUT2D eigenvalue weighted by molar-refractivity contribution is 0.741. The molecule has 2 aromatic carbocycles. The van der Waals surface area contributed by atoms with E-state index in [-0.39, 0.29) is 5.54 Å². The minimum Gasteiger partial charge on any atom is -0.338 e. The van der Waals surface area contributed by atoms with E-state index in [0.717, 1.165) is 35.3 Å². The maximum Gasteiger partial charge on any atom is 0.138 e. The molecular formula is C17H17N3. The van der Waals surface area contributed by atoms with Gasteiger partial charge in [-0.15, -0.1) is 0 Å². The maximum atomic E-state index is 6.26. The molecule has 0 amide bonds. The molecule has 0 radical (unpaired) electrons. The molecule has 100 valence electrons. The topological polar surface area (TPSA) is 54.7 Å². The molecule has 0 unspecified atom stereocenters. The number of nitrogens with zero attached hydrogens (tertiary/aromatic N) is 1. The SMILES string of the molecule is Cc1cccc(-c2nc3ccc(C4(N)CC4)cc3[nH]2)c1. The van der Waals surface area contributed by atoms with Gasteiger partial charge >= 0.3 is 0 Å². The molecule has 1 fully saturated rings. The third kappa shape index (κ3) is 1.82. The minimum atomic E-state index is -0.0944. The molecule has 3 N–H and O–H groups in total. The fraction of sp³-hybridized carbons (Fsp3) is 0.235. The molecule has 1 saturated carbocycles. The minimum absolute atomic E-state index is 0.0944. The van der Waals surface area contributed by atoms with Gasteiger partial charge in [-0.1, -0.05) is 29.8 Å². The molecule has 3 aromatic rings. The van der Waals surface area contributed by atoms with Crippen molar-refractivity contribution < 1.29 is 0 Å². The zero-order chi connectivity index (χ0) is 13.7. The average Bonchev–Trinajstić information content (AvgIpc) is 3.04. The Morgan fingerprint density at radius 3 is 2.75 bits per heavy atom. The normalized spacial score (nSPS) is 16.5. The molecule has 20 heavy (non-hydrogen) atoms. The van der Waals surface area contributed by atoms with Gasteiger partial charge in [0.05, 0.1) is 11.0 Å². The zero-order valence-electron chi connectivity index (χ0n) is 11.5. The molecule has 0 atom stereocenters. The Kier molecular flexibility index (Phi) is 2.30. The molecule has 4 rings (SSSR count). The van der Waals surface area contributed by atoms with Crippen molar-refractivity contribution in [1.29, 1.82) is 0 Å². The number of H-pyrrole nitrogens is 1. The van der Waals surface area contributed by atoms with Gasteiger partial charge in [0, 0.05) is 11.1 Å². The summed E-state index contributed by atoms with van der Waals surface area (Å²) in [5.41, 5.74) is 11.8. The number of nitrogens with one attached hydrogen (secondary N) is 1. The molecule has 1 aromatic heterocycles. The van der Waals surface area contributed by atoms with E-state index in [9.17, 15) is 0 Å². The molecular weight excluding hydrogens is 246 g/mol. The van der Waals surface area contributed by atoms with Crippen molar-refractivity contribution in [2.75, 3.05) is 0 Å². The fourth-order valence-corrected chi connectivity index (χ4v) is 2.67. The number of nitrogens with two attached hydrogens (primary N) is 1. The molecule has 3 heteroatoms. The second kappa shape index (κ2) is 3.93. The van der Waals surface area contributed by atoms with E-state index in [2.05, 4.69) is 59.4 Å². The third-order valence-corrected chi connectivity index (χ3v) is 4.14. The number of benzene rings is 2. The number of fused-ring (bicyclic) bond motifs is 1. The van der Waals surface area contributed by atoms with E-state index in [1.165, 1.54) is 11.1 Å². The molecule has 3 nitrogen and oxygen atoms in total. The highest BCUT2D eigenvalue weighted by Crippen LogP contribution is 2.43. The van der Waals surface area contributed by atoms with Gasteiger partial charge in [0.1, 0.15) is 5.82 Å². The van der Waals surface area contributed by atoms with Crippen molar-refractivity contribution in [3.63, 3.8) is 0 Å². The van der Waals surface area contributed by atoms with Gasteiger partial charge in [-0.2, -0.15) is 0 Å². The second-order valence-electron chi connectivity index (χ2n) is 5.84. The van der Waals surface area contributed by atoms with E-state index in [1.807, 2.05) is 0 Å². The summed E-state index contributed by atoms with van der Waals surface area (Å²) in [5, 5.41) is 0. The van der Waals surface area contributed by atoms with E-state index >= 15 is 0 Å². The van der Waals surface area contributed by atoms with Crippen molar-refractivity contribution in [3.05, 3.63) is 53.6 Å². The Hall–Kier alpha value is -2.13. The summed E-state index contributed by atoms with van der Waals surface area (Å²) in [5.74, 6) is 0.919. The van der Waals surface area contributed by atoms with E-state index in [1.54, 1.807) is 0 Å². The van der Waals surface area contributed by atoms with Gasteiger partial charge in [-0.25, -0.2) is 4.98 Å². The fourth-order valence-electron chi connectivity index (χ4n) is 2.67. The molecule has 0 saturated heterocycles. The van der Waals surface area contributed by atoms with Crippen LogP contribution in [-0.2, 0) is 5.54 Å². The van der Waals surface area contributed by atoms with Crippen molar-refractivity contribution >= 4 is 11.0 Å². The third-order valence-electron chi connectivity index (χ3n) is 4.14. The highest BCUT2D eigenvalue weighted by molar-refractivity contribution is 5.80. The van der Waals surface area contributed by atoms with Crippen LogP contribution in [0.5, 0.6) is 0 Å². The number of aromatic nitrogens is 2. The number of imidazole rings is 1. The number of aromatic amines is 1. The molecule has 0 bridgehead atoms. The predicted octanol–water partition coefficient (Wildman–Crippen LogP) is 3.49. The van der Waals surface area contributed by atoms with Crippen molar-refractivity contribution in [3.8, 4) is 11.4 Å². The van der Waals surface area contributed by atoms with E-state index in [4.69, 9.17) is 5.73 Å². The summed E-state index contributed by atoms with van der Waals surface area (Å²) >= 11 is 0. The Labute approximate surface area is 117 Å². The van der Waals surface area contributed by atoms with Gasteiger partial charge in [0.15, 0.2) is 0 Å². The summed E-state index contributed by atoms with van der Waals surface area (Å²) < 4.78 is 0. The maximum absolute atomic E-state index is 6.26. The molecule has 1 heterocycles. The first-order valence-corrected chi connectivity index (χ1v) is 7.00. The molecule has 1 aliphatic carbocycles. The van der Waals surface area contributed by atoms with Crippen LogP contribution in [0.4, 0.5) is 0 Å². The molecule has 1 aliphatic rings. The first-order valence-electron chi connectivity index (χ1n) is 7.00. The second-order valence-corrected chi connectivity index (χ2v) is 5.84. The predicted molar refractivity (Wildman–Crippen MR) is 81.4 cm³/mol. The highest BCUT2D eigenvalue weighted by Gasteiger charge is 2.40. The number of hydrogen-bond acceptors (Lipinski definition) is 2. The lowest BCUT2D eigenvalue weighted by Crippen LogP contribution is -2.18. The van der Waals surface area contributed by atoms with Crippen molar-refractivity contribution in [2.45, 2.75) is 25.3 Å². The Morgan fingerprint density at radius 1 is 1.15 bits per heavy atom. The van der Waals surface area contributed by atoms with Crippen LogP contribution < -0.4 is 5.73 Å². The van der Waals surface area contributed by atoms with Crippen molar-refractivity contribution in [1.82, 2.24) is 9.97 Å². The lowest BCUT2D eigenvalue weighted by Gasteiger charge is -2.07. The summed E-state index contributed by atoms with van der Waals surface area (Å²) in [7, 11) is 0. The summed E-state index contributed by atoms with van der Waals surface area (Å²) in [6.07, 6.45) is 2.16. The van der Waals surface area contributed by atoms with Crippen LogP contribution in [0.15, 0.2) is 42.5 Å². The smallest absolute Gasteiger partial charge is 0.138 e. The first-order chi connectivity index (χ1) is 9.64. The standard InChI is InChI=1S/C17H17N3/c1-11-3-2-4-12(9-11)16-19-14-6-5-13(10-15(14)20-16)17(18)7-8-17/h2-6,9-10H,7-8,18H2,1H3,(H,19,20). The summed E-state index contributed by atoms with van der Waals surface area (Å²) in [6.45, 7) is 2.09. The van der Waals surface area contributed by atoms with E-state index in [0.29, 0.717) is 0 Å². The monoisotopic (exact) mass is 263 g/mol. The van der Waals surface area contributed by atoms with Gasteiger partial charge < -0.3 is 10.7 Å². The van der Waals surface area contributed by atoms with Crippen LogP contribution in [0.2, 0.25) is 0 Å². The summed E-state index contributed by atoms with van der Waals surface area (Å²) in [6, 6.07) is 14.7. The van der Waals surface area contributed by atoms with E-state index < -0.39 is 0 Å². The Bertz CT molecular complexity index is 797. The number of hydrogen-bond donors (Lipinski definition) is 2. The Balaban J connectivity index is 1.82. The summed E-state index contributed by atoms with van der Waals surface area (Å²) in [4.78, 5) is 8.08. The Morgan fingerprint density at radius 2 is 2.00 bits per heavy atom. The molecule has 0 aliphatic heterocycles. The average molecular weight is 263 g/mol. The van der Waals surface area contributed by atoms with Crippen LogP contribution >= 0.6 is 0 Å². The first kappa shape index (κ1) is 11.7. The van der Waals surface area contributed by atoms with Gasteiger partial charge in [-0.05, 0) is 43.5 Å². The molecule has 0 spiro atoms. The van der Waals surface area contributed by atoms with Crippen molar-refractivity contribution in [2.24, 2.45) is 5.73 Å². The van der Waals surface area contributed by atoms with Crippen LogP contribution in [0.1, 0.15) is 24.0 Å². The van der Waals surface area contributed by atoms with Gasteiger partial charge in [0.25, 0.3) is 0 Å². The number of rotatable bonds is 2. The quantitative estimate of drug-likeness (QED) is 0.743. The van der Waals surface area contributed by atoms with Crippen LogP contribution in [0.25, 0.3) is 22.4 Å². The van der Waals surface area contributed by atoms with Crippen LogP contribution in [-0.4, -0.2) is 9.97 Å².